The highest BCUT2D eigenvalue weighted by Crippen LogP contribution is 2.20. The number of carbonyl (C=O) groups excluding carboxylic acids is 1. The van der Waals surface area contributed by atoms with E-state index in [2.05, 4.69) is 10.0 Å². The van der Waals surface area contributed by atoms with Crippen molar-refractivity contribution in [3.05, 3.63) is 95.6 Å². The van der Waals surface area contributed by atoms with Gasteiger partial charge in [0.15, 0.2) is 0 Å². The van der Waals surface area contributed by atoms with Gasteiger partial charge in [-0.15, -0.1) is 11.8 Å². The smallest absolute Gasteiger partial charge is 0.241 e. The van der Waals surface area contributed by atoms with E-state index in [0.717, 1.165) is 16.7 Å². The van der Waals surface area contributed by atoms with Crippen LogP contribution in [-0.4, -0.2) is 20.6 Å². The second kappa shape index (κ2) is 11.5. The van der Waals surface area contributed by atoms with Crippen molar-refractivity contribution < 1.29 is 13.2 Å². The van der Waals surface area contributed by atoms with Crippen molar-refractivity contribution >= 4 is 27.7 Å². The zero-order valence-electron chi connectivity index (χ0n) is 19.1. The lowest BCUT2D eigenvalue weighted by Gasteiger charge is -2.15. The molecule has 33 heavy (non-hydrogen) atoms. The molecule has 2 N–H and O–H groups in total. The van der Waals surface area contributed by atoms with E-state index in [1.54, 1.807) is 36.0 Å². The Morgan fingerprint density at radius 2 is 1.45 bits per heavy atom. The largest absolute Gasteiger partial charge is 0.350 e. The van der Waals surface area contributed by atoms with Crippen LogP contribution in [0.4, 0.5) is 0 Å². The maximum absolute atomic E-state index is 12.7. The van der Waals surface area contributed by atoms with E-state index in [1.165, 1.54) is 4.90 Å². The molecule has 0 bridgehead atoms. The Morgan fingerprint density at radius 3 is 2.06 bits per heavy atom. The van der Waals surface area contributed by atoms with Gasteiger partial charge in [-0.3, -0.25) is 4.79 Å². The van der Waals surface area contributed by atoms with Gasteiger partial charge in [0.25, 0.3) is 0 Å². The van der Waals surface area contributed by atoms with Crippen LogP contribution >= 0.6 is 11.8 Å². The molecule has 0 saturated heterocycles. The monoisotopic (exact) mass is 482 g/mol. The average Bonchev–Trinajstić information content (AvgIpc) is 2.83. The number of carbonyl (C=O) groups is 1. The number of nitrogens with one attached hydrogen (secondary N) is 2. The van der Waals surface area contributed by atoms with Crippen LogP contribution in [0.25, 0.3) is 0 Å². The topological polar surface area (TPSA) is 75.3 Å². The van der Waals surface area contributed by atoms with Gasteiger partial charge in [-0.2, -0.15) is 0 Å². The standard InChI is InChI=1S/C26H30N2O3S2/c1-19(23-12-14-24(32-3)15-13-23)27-26(29)18-11-21-9-16-25(17-10-21)33(30,31)28-20(2)22-7-5-4-6-8-22/h4-10,12-17,19-20,28H,11,18H2,1-3H3,(H,27,29)/t19-,20+/m1/s1. The first-order valence-corrected chi connectivity index (χ1v) is 13.6. The summed E-state index contributed by atoms with van der Waals surface area (Å²) in [6.45, 7) is 3.78. The molecule has 0 aliphatic rings. The van der Waals surface area contributed by atoms with Crippen LogP contribution in [0.1, 0.15) is 49.0 Å². The first kappa shape index (κ1) is 25.0. The van der Waals surface area contributed by atoms with E-state index < -0.39 is 10.0 Å². The minimum absolute atomic E-state index is 0.0357. The summed E-state index contributed by atoms with van der Waals surface area (Å²) in [6, 6.07) is 23.9. The van der Waals surface area contributed by atoms with Gasteiger partial charge in [0.2, 0.25) is 15.9 Å². The Morgan fingerprint density at radius 1 is 0.848 bits per heavy atom. The fourth-order valence-electron chi connectivity index (χ4n) is 3.49. The van der Waals surface area contributed by atoms with Gasteiger partial charge in [0.1, 0.15) is 0 Å². The van der Waals surface area contributed by atoms with E-state index in [4.69, 9.17) is 0 Å². The van der Waals surface area contributed by atoms with Gasteiger partial charge in [0, 0.05) is 17.4 Å². The number of sulfonamides is 1. The number of amides is 1. The van der Waals surface area contributed by atoms with Gasteiger partial charge in [-0.05, 0) is 67.5 Å². The van der Waals surface area contributed by atoms with Crippen molar-refractivity contribution in [1.29, 1.82) is 0 Å². The summed E-state index contributed by atoms with van der Waals surface area (Å²) >= 11 is 1.68. The molecule has 0 heterocycles. The van der Waals surface area contributed by atoms with Crippen LogP contribution in [0.2, 0.25) is 0 Å². The van der Waals surface area contributed by atoms with Crippen LogP contribution < -0.4 is 10.0 Å². The molecule has 0 saturated carbocycles. The predicted molar refractivity (Wildman–Crippen MR) is 135 cm³/mol. The van der Waals surface area contributed by atoms with Gasteiger partial charge in [-0.1, -0.05) is 54.6 Å². The maximum atomic E-state index is 12.7. The third-order valence-electron chi connectivity index (χ3n) is 5.50. The molecule has 0 radical (unpaired) electrons. The highest BCUT2D eigenvalue weighted by atomic mass is 32.2. The van der Waals surface area contributed by atoms with Gasteiger partial charge < -0.3 is 5.32 Å². The number of hydrogen-bond donors (Lipinski definition) is 2. The third-order valence-corrected chi connectivity index (χ3v) is 7.80. The lowest BCUT2D eigenvalue weighted by molar-refractivity contribution is -0.121. The summed E-state index contributed by atoms with van der Waals surface area (Å²) in [7, 11) is -3.64. The van der Waals surface area contributed by atoms with Crippen LogP contribution in [0.15, 0.2) is 88.7 Å². The summed E-state index contributed by atoms with van der Waals surface area (Å²) in [6.07, 6.45) is 2.91. The number of benzene rings is 3. The highest BCUT2D eigenvalue weighted by molar-refractivity contribution is 7.98. The van der Waals surface area contributed by atoms with Crippen LogP contribution in [0.5, 0.6) is 0 Å². The lowest BCUT2D eigenvalue weighted by Crippen LogP contribution is -2.27. The zero-order valence-corrected chi connectivity index (χ0v) is 20.7. The summed E-state index contributed by atoms with van der Waals surface area (Å²) in [5.74, 6) is -0.0357. The molecule has 3 aromatic carbocycles. The zero-order chi connectivity index (χ0) is 23.8. The molecule has 5 nitrogen and oxygen atoms in total. The van der Waals surface area contributed by atoms with Crippen molar-refractivity contribution in [3.63, 3.8) is 0 Å². The molecule has 3 rings (SSSR count). The molecule has 0 fully saturated rings. The van der Waals surface area contributed by atoms with E-state index in [9.17, 15) is 13.2 Å². The molecule has 174 valence electrons. The molecule has 7 heteroatoms. The summed E-state index contributed by atoms with van der Waals surface area (Å²) < 4.78 is 28.1. The number of rotatable bonds is 10. The second-order valence-electron chi connectivity index (χ2n) is 7.96. The van der Waals surface area contributed by atoms with E-state index in [1.807, 2.05) is 74.7 Å². The first-order chi connectivity index (χ1) is 15.8. The van der Waals surface area contributed by atoms with Gasteiger partial charge in [-0.25, -0.2) is 13.1 Å². The Bertz CT molecular complexity index is 1150. The van der Waals surface area contributed by atoms with Crippen LogP contribution in [0.3, 0.4) is 0 Å². The molecule has 0 aromatic heterocycles. The Kier molecular flexibility index (Phi) is 8.72. The highest BCUT2D eigenvalue weighted by Gasteiger charge is 2.18. The molecular weight excluding hydrogens is 452 g/mol. The number of thioether (sulfide) groups is 1. The Hall–Kier alpha value is -2.61. The van der Waals surface area contributed by atoms with Crippen molar-refractivity contribution in [1.82, 2.24) is 10.0 Å². The van der Waals surface area contributed by atoms with E-state index in [0.29, 0.717) is 12.8 Å². The van der Waals surface area contributed by atoms with E-state index >= 15 is 0 Å². The number of aryl methyl sites for hydroxylation is 1. The van der Waals surface area contributed by atoms with Crippen molar-refractivity contribution in [2.24, 2.45) is 0 Å². The van der Waals surface area contributed by atoms with Gasteiger partial charge in [0.05, 0.1) is 10.9 Å². The van der Waals surface area contributed by atoms with Crippen molar-refractivity contribution in [2.75, 3.05) is 6.26 Å². The molecule has 0 unspecified atom stereocenters. The predicted octanol–water partition coefficient (Wildman–Crippen LogP) is 5.26. The molecule has 3 aromatic rings. The minimum Gasteiger partial charge on any atom is -0.350 e. The average molecular weight is 483 g/mol. The summed E-state index contributed by atoms with van der Waals surface area (Å²) in [5, 5.41) is 3.03. The normalized spacial score (nSPS) is 13.3. The lowest BCUT2D eigenvalue weighted by atomic mass is 10.1. The SMILES string of the molecule is CSc1ccc([C@@H](C)NC(=O)CCc2ccc(S(=O)(=O)N[C@@H](C)c3ccccc3)cc2)cc1. The number of hydrogen-bond acceptors (Lipinski definition) is 4. The first-order valence-electron chi connectivity index (χ1n) is 10.9. The fourth-order valence-corrected chi connectivity index (χ4v) is 5.13. The molecular formula is C26H30N2O3S2. The summed E-state index contributed by atoms with van der Waals surface area (Å²) in [4.78, 5) is 13.8. The Balaban J connectivity index is 1.52. The minimum atomic E-state index is -3.64. The molecule has 0 aliphatic heterocycles. The van der Waals surface area contributed by atoms with Crippen LogP contribution in [-0.2, 0) is 21.2 Å². The van der Waals surface area contributed by atoms with Crippen molar-refractivity contribution in [2.45, 2.75) is 48.6 Å². The molecule has 2 atom stereocenters. The van der Waals surface area contributed by atoms with Crippen LogP contribution in [0, 0.1) is 0 Å². The third kappa shape index (κ3) is 7.19. The maximum Gasteiger partial charge on any atom is 0.241 e. The fraction of sp³-hybridized carbons (Fsp3) is 0.269. The summed E-state index contributed by atoms with van der Waals surface area (Å²) in [5.41, 5.74) is 2.88. The molecule has 0 spiro atoms. The molecule has 0 aliphatic carbocycles. The second-order valence-corrected chi connectivity index (χ2v) is 10.6. The van der Waals surface area contributed by atoms with Gasteiger partial charge >= 0.3 is 0 Å². The molecule has 1 amide bonds. The van der Waals surface area contributed by atoms with E-state index in [-0.39, 0.29) is 22.9 Å². The van der Waals surface area contributed by atoms with Crippen molar-refractivity contribution in [3.8, 4) is 0 Å². The Labute approximate surface area is 201 Å². The quantitative estimate of drug-likeness (QED) is 0.387.